The Balaban J connectivity index is 1.97. The molecule has 0 fully saturated rings. The molecule has 0 radical (unpaired) electrons. The van der Waals surface area contributed by atoms with Gasteiger partial charge in [-0.25, -0.2) is 0 Å². The minimum atomic E-state index is -0.572. The zero-order chi connectivity index (χ0) is 20.8. The number of carbonyl (C=O) groups excluding carboxylic acids is 2. The zero-order valence-corrected chi connectivity index (χ0v) is 18.1. The van der Waals surface area contributed by atoms with Crippen LogP contribution in [0.5, 0.6) is 0 Å². The lowest BCUT2D eigenvalue weighted by molar-refractivity contribution is -0.122. The van der Waals surface area contributed by atoms with Crippen molar-refractivity contribution >= 4 is 58.0 Å². The number of halogens is 3. The van der Waals surface area contributed by atoms with Gasteiger partial charge in [0, 0.05) is 5.69 Å². The SMILES string of the molecule is CCc1ccccc1NC(=O)CN(C)C(C)C(=O)Nc1cc(Cl)c(Cl)cc1Cl. The average Bonchev–Trinajstić information content (AvgIpc) is 2.65. The Morgan fingerprint density at radius 2 is 1.64 bits per heavy atom. The zero-order valence-electron chi connectivity index (χ0n) is 15.9. The van der Waals surface area contributed by atoms with Crippen molar-refractivity contribution in [2.24, 2.45) is 0 Å². The molecule has 0 aromatic heterocycles. The van der Waals surface area contributed by atoms with E-state index >= 15 is 0 Å². The minimum Gasteiger partial charge on any atom is -0.325 e. The largest absolute Gasteiger partial charge is 0.325 e. The summed E-state index contributed by atoms with van der Waals surface area (Å²) in [5, 5.41) is 6.48. The first-order valence-corrected chi connectivity index (χ1v) is 9.89. The standard InChI is InChI=1S/C20H22Cl3N3O2/c1-4-13-7-5-6-8-17(13)24-19(27)11-26(3)12(2)20(28)25-18-10-15(22)14(21)9-16(18)23/h5-10,12H,4,11H2,1-3H3,(H,24,27)(H,25,28). The number of likely N-dealkylation sites (N-methyl/N-ethyl adjacent to an activating group) is 1. The van der Waals surface area contributed by atoms with Gasteiger partial charge in [-0.2, -0.15) is 0 Å². The highest BCUT2D eigenvalue weighted by atomic mass is 35.5. The van der Waals surface area contributed by atoms with Gasteiger partial charge in [-0.3, -0.25) is 14.5 Å². The lowest BCUT2D eigenvalue weighted by atomic mass is 10.1. The van der Waals surface area contributed by atoms with E-state index in [1.54, 1.807) is 18.9 Å². The summed E-state index contributed by atoms with van der Waals surface area (Å²) in [6.07, 6.45) is 0.815. The Morgan fingerprint density at radius 1 is 1.00 bits per heavy atom. The van der Waals surface area contributed by atoms with Crippen molar-refractivity contribution in [1.82, 2.24) is 4.90 Å². The fourth-order valence-electron chi connectivity index (χ4n) is 2.56. The molecule has 1 atom stereocenters. The number of hydrogen-bond donors (Lipinski definition) is 2. The van der Waals surface area contributed by atoms with E-state index in [1.807, 2.05) is 31.2 Å². The molecule has 28 heavy (non-hydrogen) atoms. The molecule has 0 saturated heterocycles. The Bertz CT molecular complexity index is 874. The van der Waals surface area contributed by atoms with E-state index in [0.29, 0.717) is 10.7 Å². The molecular formula is C20H22Cl3N3O2. The number of carbonyl (C=O) groups is 2. The van der Waals surface area contributed by atoms with Gasteiger partial charge in [-0.05, 0) is 44.2 Å². The second-order valence-electron chi connectivity index (χ2n) is 6.39. The first-order valence-electron chi connectivity index (χ1n) is 8.76. The molecule has 5 nitrogen and oxygen atoms in total. The predicted molar refractivity (Wildman–Crippen MR) is 117 cm³/mol. The van der Waals surface area contributed by atoms with E-state index in [1.165, 1.54) is 12.1 Å². The first-order chi connectivity index (χ1) is 13.2. The summed E-state index contributed by atoms with van der Waals surface area (Å²) in [7, 11) is 1.70. The molecule has 2 rings (SSSR count). The molecule has 0 bridgehead atoms. The molecule has 1 unspecified atom stereocenters. The second kappa shape index (κ2) is 10.1. The summed E-state index contributed by atoms with van der Waals surface area (Å²) in [5.41, 5.74) is 2.20. The van der Waals surface area contributed by atoms with Crippen LogP contribution in [0.15, 0.2) is 36.4 Å². The third-order valence-corrected chi connectivity index (χ3v) is 5.41. The summed E-state index contributed by atoms with van der Waals surface area (Å²) in [5.74, 6) is -0.514. The highest BCUT2D eigenvalue weighted by molar-refractivity contribution is 6.44. The van der Waals surface area contributed by atoms with Crippen LogP contribution in [0.25, 0.3) is 0 Å². The van der Waals surface area contributed by atoms with Gasteiger partial charge in [0.1, 0.15) is 0 Å². The van der Waals surface area contributed by atoms with E-state index in [2.05, 4.69) is 10.6 Å². The summed E-state index contributed by atoms with van der Waals surface area (Å²) in [4.78, 5) is 26.5. The molecule has 0 saturated carbocycles. The van der Waals surface area contributed by atoms with Gasteiger partial charge in [-0.15, -0.1) is 0 Å². The first kappa shape index (κ1) is 22.5. The topological polar surface area (TPSA) is 61.4 Å². The fourth-order valence-corrected chi connectivity index (χ4v) is 3.15. The molecule has 2 aromatic carbocycles. The van der Waals surface area contributed by atoms with Gasteiger partial charge in [0.15, 0.2) is 0 Å². The molecule has 150 valence electrons. The number of benzene rings is 2. The maximum atomic E-state index is 12.5. The van der Waals surface area contributed by atoms with Crippen LogP contribution in [-0.2, 0) is 16.0 Å². The monoisotopic (exact) mass is 441 g/mol. The molecule has 2 N–H and O–H groups in total. The summed E-state index contributed by atoms with van der Waals surface area (Å²) >= 11 is 18.0. The van der Waals surface area contributed by atoms with Crippen LogP contribution in [-0.4, -0.2) is 36.3 Å². The predicted octanol–water partition coefficient (Wildman–Crippen LogP) is 5.11. The van der Waals surface area contributed by atoms with Crippen LogP contribution in [0.3, 0.4) is 0 Å². The van der Waals surface area contributed by atoms with Gasteiger partial charge >= 0.3 is 0 Å². The maximum absolute atomic E-state index is 12.5. The molecular weight excluding hydrogens is 421 g/mol. The molecule has 0 aliphatic heterocycles. The minimum absolute atomic E-state index is 0.0573. The molecule has 2 amide bonds. The van der Waals surface area contributed by atoms with Gasteiger partial charge in [0.2, 0.25) is 11.8 Å². The smallest absolute Gasteiger partial charge is 0.241 e. The number of hydrogen-bond acceptors (Lipinski definition) is 3. The number of nitrogens with one attached hydrogen (secondary N) is 2. The van der Waals surface area contributed by atoms with Crippen LogP contribution in [0, 0.1) is 0 Å². The van der Waals surface area contributed by atoms with Crippen LogP contribution < -0.4 is 10.6 Å². The van der Waals surface area contributed by atoms with Crippen LogP contribution in [0.1, 0.15) is 19.4 Å². The average molecular weight is 443 g/mol. The number of para-hydroxylation sites is 1. The van der Waals surface area contributed by atoms with Crippen molar-refractivity contribution in [2.75, 3.05) is 24.2 Å². The highest BCUT2D eigenvalue weighted by Crippen LogP contribution is 2.32. The van der Waals surface area contributed by atoms with Crippen LogP contribution in [0.2, 0.25) is 15.1 Å². The summed E-state index contributed by atoms with van der Waals surface area (Å²) in [6, 6.07) is 10.0. The quantitative estimate of drug-likeness (QED) is 0.586. The van der Waals surface area contributed by atoms with Crippen molar-refractivity contribution < 1.29 is 9.59 Å². The lowest BCUT2D eigenvalue weighted by Crippen LogP contribution is -2.43. The van der Waals surface area contributed by atoms with Crippen molar-refractivity contribution in [1.29, 1.82) is 0 Å². The van der Waals surface area contributed by atoms with Gasteiger partial charge in [-0.1, -0.05) is 59.9 Å². The van der Waals surface area contributed by atoms with Crippen molar-refractivity contribution in [2.45, 2.75) is 26.3 Å². The van der Waals surface area contributed by atoms with E-state index in [4.69, 9.17) is 34.8 Å². The Kier molecular flexibility index (Phi) is 8.13. The summed E-state index contributed by atoms with van der Waals surface area (Å²) < 4.78 is 0. The number of aryl methyl sites for hydroxylation is 1. The van der Waals surface area contributed by atoms with Crippen LogP contribution >= 0.6 is 34.8 Å². The number of rotatable bonds is 7. The Labute approximate surface area is 180 Å². The molecule has 8 heteroatoms. The van der Waals surface area contributed by atoms with E-state index in [9.17, 15) is 9.59 Å². The maximum Gasteiger partial charge on any atom is 0.241 e. The van der Waals surface area contributed by atoms with E-state index in [0.717, 1.165) is 17.7 Å². The Hall–Kier alpha value is -1.79. The van der Waals surface area contributed by atoms with Crippen molar-refractivity contribution in [3.05, 3.63) is 57.0 Å². The lowest BCUT2D eigenvalue weighted by Gasteiger charge is -2.24. The third-order valence-electron chi connectivity index (χ3n) is 4.37. The van der Waals surface area contributed by atoms with Gasteiger partial charge in [0.05, 0.1) is 33.3 Å². The highest BCUT2D eigenvalue weighted by Gasteiger charge is 2.21. The second-order valence-corrected chi connectivity index (χ2v) is 7.61. The Morgan fingerprint density at radius 3 is 2.32 bits per heavy atom. The molecule has 0 aliphatic rings. The van der Waals surface area contributed by atoms with Crippen molar-refractivity contribution in [3.8, 4) is 0 Å². The molecule has 2 aromatic rings. The molecule has 0 spiro atoms. The van der Waals surface area contributed by atoms with Crippen molar-refractivity contribution in [3.63, 3.8) is 0 Å². The number of anilines is 2. The van der Waals surface area contributed by atoms with Gasteiger partial charge < -0.3 is 10.6 Å². The molecule has 0 aliphatic carbocycles. The van der Waals surface area contributed by atoms with E-state index < -0.39 is 6.04 Å². The van der Waals surface area contributed by atoms with Crippen LogP contribution in [0.4, 0.5) is 11.4 Å². The third kappa shape index (κ3) is 5.85. The molecule has 0 heterocycles. The van der Waals surface area contributed by atoms with Gasteiger partial charge in [0.25, 0.3) is 0 Å². The normalized spacial score (nSPS) is 12.0. The number of nitrogens with zero attached hydrogens (tertiary/aromatic N) is 1. The summed E-state index contributed by atoms with van der Waals surface area (Å²) in [6.45, 7) is 3.79. The van der Waals surface area contributed by atoms with E-state index in [-0.39, 0.29) is 28.4 Å². The number of amides is 2. The fraction of sp³-hybridized carbons (Fsp3) is 0.300.